The molecule has 0 spiro atoms. The summed E-state index contributed by atoms with van der Waals surface area (Å²) in [5, 5.41) is 13.6. The molecule has 0 saturated heterocycles. The van der Waals surface area contributed by atoms with Crippen molar-refractivity contribution in [3.63, 3.8) is 0 Å². The smallest absolute Gasteiger partial charge is 0.347 e. The second kappa shape index (κ2) is 9.54. The lowest BCUT2D eigenvalue weighted by molar-refractivity contribution is -0.384. The van der Waals surface area contributed by atoms with Crippen LogP contribution in [-0.4, -0.2) is 36.1 Å². The summed E-state index contributed by atoms with van der Waals surface area (Å²) in [6.45, 7) is 4.76. The monoisotopic (exact) mass is 402 g/mol. The minimum Gasteiger partial charge on any atom is -0.496 e. The first-order valence-corrected chi connectivity index (χ1v) is 8.78. The molecule has 2 aromatic rings. The number of methoxy groups -OCH3 is 1. The molecule has 0 saturated carbocycles. The van der Waals surface area contributed by atoms with Crippen LogP contribution in [0.5, 0.6) is 11.5 Å². The van der Waals surface area contributed by atoms with Gasteiger partial charge < -0.3 is 19.5 Å². The van der Waals surface area contributed by atoms with E-state index in [-0.39, 0.29) is 17.1 Å². The van der Waals surface area contributed by atoms with Crippen molar-refractivity contribution in [1.29, 1.82) is 0 Å². The maximum atomic E-state index is 12.3. The third-order valence-electron chi connectivity index (χ3n) is 3.96. The first kappa shape index (κ1) is 21.7. The normalized spacial score (nSPS) is 12.4. The van der Waals surface area contributed by atoms with Crippen LogP contribution in [0.3, 0.4) is 0 Å². The van der Waals surface area contributed by atoms with Crippen molar-refractivity contribution in [2.24, 2.45) is 0 Å². The van der Waals surface area contributed by atoms with Crippen molar-refractivity contribution >= 4 is 23.3 Å². The second-order valence-electron chi connectivity index (χ2n) is 6.29. The summed E-state index contributed by atoms with van der Waals surface area (Å²) in [6, 6.07) is 11.1. The van der Waals surface area contributed by atoms with E-state index in [0.29, 0.717) is 5.75 Å². The van der Waals surface area contributed by atoms with E-state index in [4.69, 9.17) is 14.2 Å². The van der Waals surface area contributed by atoms with Crippen molar-refractivity contribution < 1.29 is 28.7 Å². The van der Waals surface area contributed by atoms with Crippen LogP contribution in [0.1, 0.15) is 19.4 Å². The second-order valence-corrected chi connectivity index (χ2v) is 6.29. The van der Waals surface area contributed by atoms with Crippen molar-refractivity contribution in [2.75, 3.05) is 12.4 Å². The van der Waals surface area contributed by atoms with Gasteiger partial charge in [0.1, 0.15) is 17.2 Å². The van der Waals surface area contributed by atoms with E-state index in [0.717, 1.165) is 5.56 Å². The van der Waals surface area contributed by atoms with Crippen LogP contribution in [0.2, 0.25) is 0 Å². The number of nitro benzene ring substituents is 1. The lowest BCUT2D eigenvalue weighted by atomic mass is 10.2. The number of rotatable bonds is 8. The zero-order valence-electron chi connectivity index (χ0n) is 16.5. The fourth-order valence-corrected chi connectivity index (χ4v) is 2.39. The molecule has 2 rings (SSSR count). The number of amides is 1. The maximum absolute atomic E-state index is 12.3. The van der Waals surface area contributed by atoms with E-state index in [1.807, 2.05) is 13.0 Å². The molecule has 29 heavy (non-hydrogen) atoms. The Morgan fingerprint density at radius 2 is 1.79 bits per heavy atom. The molecule has 154 valence electrons. The number of hydrogen-bond acceptors (Lipinski definition) is 7. The van der Waals surface area contributed by atoms with Gasteiger partial charge in [0.15, 0.2) is 12.2 Å². The van der Waals surface area contributed by atoms with Crippen LogP contribution in [-0.2, 0) is 14.3 Å². The molecule has 0 unspecified atom stereocenters. The van der Waals surface area contributed by atoms with E-state index in [1.165, 1.54) is 39.2 Å². The first-order chi connectivity index (χ1) is 13.7. The highest BCUT2D eigenvalue weighted by Crippen LogP contribution is 2.29. The molecule has 0 heterocycles. The number of hydrogen-bond donors (Lipinski definition) is 1. The number of nitrogens with zero attached hydrogens (tertiary/aromatic N) is 1. The summed E-state index contributed by atoms with van der Waals surface area (Å²) in [6.07, 6.45) is -2.13. The Bertz CT molecular complexity index is 913. The van der Waals surface area contributed by atoms with Gasteiger partial charge >= 0.3 is 5.97 Å². The number of nitro groups is 1. The van der Waals surface area contributed by atoms with Crippen molar-refractivity contribution in [3.8, 4) is 11.5 Å². The van der Waals surface area contributed by atoms with Crippen molar-refractivity contribution in [3.05, 3.63) is 58.1 Å². The molecule has 0 aliphatic heterocycles. The molecular formula is C20H22N2O7. The number of benzene rings is 2. The third-order valence-corrected chi connectivity index (χ3v) is 3.96. The maximum Gasteiger partial charge on any atom is 0.347 e. The van der Waals surface area contributed by atoms with Crippen LogP contribution < -0.4 is 14.8 Å². The van der Waals surface area contributed by atoms with Gasteiger partial charge in [-0.1, -0.05) is 12.1 Å². The summed E-state index contributed by atoms with van der Waals surface area (Å²) in [7, 11) is 1.37. The fourth-order valence-electron chi connectivity index (χ4n) is 2.39. The molecule has 2 atom stereocenters. The predicted molar refractivity (Wildman–Crippen MR) is 105 cm³/mol. The molecular weight excluding hydrogens is 380 g/mol. The summed E-state index contributed by atoms with van der Waals surface area (Å²) in [4.78, 5) is 35.1. The van der Waals surface area contributed by atoms with Gasteiger partial charge in [0.05, 0.1) is 18.1 Å². The van der Waals surface area contributed by atoms with Crippen LogP contribution in [0.4, 0.5) is 11.4 Å². The van der Waals surface area contributed by atoms with E-state index in [9.17, 15) is 19.7 Å². The zero-order valence-corrected chi connectivity index (χ0v) is 16.5. The van der Waals surface area contributed by atoms with Crippen LogP contribution in [0.25, 0.3) is 0 Å². The van der Waals surface area contributed by atoms with Crippen molar-refractivity contribution in [1.82, 2.24) is 0 Å². The lowest BCUT2D eigenvalue weighted by Crippen LogP contribution is -2.35. The SMILES string of the molecule is COc1ccc(NC(=O)[C@H](C)OC(=O)[C@@H](C)Oc2cccc(C)c2)c([N+](=O)[O-])c1. The molecule has 2 aromatic carbocycles. The van der Waals surface area contributed by atoms with Gasteiger partial charge in [-0.2, -0.15) is 0 Å². The average Bonchev–Trinajstić information content (AvgIpc) is 2.67. The Balaban J connectivity index is 1.99. The van der Waals surface area contributed by atoms with Gasteiger partial charge in [-0.15, -0.1) is 0 Å². The number of esters is 1. The van der Waals surface area contributed by atoms with Crippen LogP contribution in [0.15, 0.2) is 42.5 Å². The molecule has 1 N–H and O–H groups in total. The lowest BCUT2D eigenvalue weighted by Gasteiger charge is -2.18. The van der Waals surface area contributed by atoms with E-state index in [2.05, 4.69) is 5.32 Å². The molecule has 9 nitrogen and oxygen atoms in total. The highest BCUT2D eigenvalue weighted by atomic mass is 16.6. The highest BCUT2D eigenvalue weighted by molar-refractivity contribution is 5.97. The topological polar surface area (TPSA) is 117 Å². The van der Waals surface area contributed by atoms with E-state index in [1.54, 1.807) is 18.2 Å². The number of nitrogens with one attached hydrogen (secondary N) is 1. The summed E-state index contributed by atoms with van der Waals surface area (Å²) in [5.74, 6) is -0.676. The molecule has 0 fully saturated rings. The van der Waals surface area contributed by atoms with E-state index >= 15 is 0 Å². The number of carbonyl (C=O) groups is 2. The van der Waals surface area contributed by atoms with Gasteiger partial charge in [0.25, 0.3) is 11.6 Å². The minimum atomic E-state index is -1.19. The summed E-state index contributed by atoms with van der Waals surface area (Å²) >= 11 is 0. The molecule has 0 aliphatic carbocycles. The van der Waals surface area contributed by atoms with Crippen LogP contribution >= 0.6 is 0 Å². The van der Waals surface area contributed by atoms with Gasteiger partial charge in [-0.25, -0.2) is 4.79 Å². The molecule has 0 aromatic heterocycles. The Labute approximate surface area is 167 Å². The molecule has 0 radical (unpaired) electrons. The Kier molecular flexibility index (Phi) is 7.13. The number of anilines is 1. The van der Waals surface area contributed by atoms with E-state index < -0.39 is 29.0 Å². The molecule has 9 heteroatoms. The van der Waals surface area contributed by atoms with Crippen LogP contribution in [0, 0.1) is 17.0 Å². The van der Waals surface area contributed by atoms with Gasteiger partial charge in [0.2, 0.25) is 0 Å². The summed E-state index contributed by atoms with van der Waals surface area (Å²) in [5.41, 5.74) is 0.594. The summed E-state index contributed by atoms with van der Waals surface area (Å²) < 4.78 is 15.6. The largest absolute Gasteiger partial charge is 0.496 e. The molecule has 0 aliphatic rings. The third kappa shape index (κ3) is 5.93. The first-order valence-electron chi connectivity index (χ1n) is 8.78. The highest BCUT2D eigenvalue weighted by Gasteiger charge is 2.25. The molecule has 0 bridgehead atoms. The standard InChI is InChI=1S/C20H22N2O7/c1-12-6-5-7-16(10-12)28-14(3)20(24)29-13(2)19(23)21-17-9-8-15(27-4)11-18(17)22(25)26/h5-11,13-14H,1-4H3,(H,21,23)/t13-,14+/m0/s1. The fraction of sp³-hybridized carbons (Fsp3) is 0.300. The molecule has 1 amide bonds. The number of ether oxygens (including phenoxy) is 3. The Morgan fingerprint density at radius 1 is 1.07 bits per heavy atom. The van der Waals surface area contributed by atoms with Crippen molar-refractivity contribution in [2.45, 2.75) is 33.0 Å². The van der Waals surface area contributed by atoms with Gasteiger partial charge in [0, 0.05) is 0 Å². The minimum absolute atomic E-state index is 0.0345. The zero-order chi connectivity index (χ0) is 21.6. The quantitative estimate of drug-likeness (QED) is 0.409. The predicted octanol–water partition coefficient (Wildman–Crippen LogP) is 3.25. The number of aryl methyl sites for hydroxylation is 1. The van der Waals surface area contributed by atoms with Gasteiger partial charge in [-0.3, -0.25) is 14.9 Å². The Morgan fingerprint density at radius 3 is 2.41 bits per heavy atom. The number of carbonyl (C=O) groups excluding carboxylic acids is 2. The van der Waals surface area contributed by atoms with Gasteiger partial charge in [-0.05, 0) is 50.6 Å². The Hall–Kier alpha value is -3.62. The average molecular weight is 402 g/mol.